The van der Waals surface area contributed by atoms with Crippen LogP contribution in [0.5, 0.6) is 0 Å². The summed E-state index contributed by atoms with van der Waals surface area (Å²) in [6, 6.07) is 9.73. The molecule has 1 saturated heterocycles. The second-order valence-corrected chi connectivity index (χ2v) is 6.35. The van der Waals surface area contributed by atoms with Crippen molar-refractivity contribution in [2.75, 3.05) is 13.1 Å². The van der Waals surface area contributed by atoms with Crippen molar-refractivity contribution < 1.29 is 9.18 Å². The maximum atomic E-state index is 13.2. The molecule has 6 heteroatoms. The summed E-state index contributed by atoms with van der Waals surface area (Å²) in [5.41, 5.74) is 1.86. The lowest BCUT2D eigenvalue weighted by Crippen LogP contribution is -2.32. The Bertz CT molecular complexity index is 895. The molecule has 0 aliphatic carbocycles. The molecule has 128 valence electrons. The van der Waals surface area contributed by atoms with Crippen molar-refractivity contribution in [1.29, 1.82) is 0 Å². The monoisotopic (exact) mass is 338 g/mol. The quantitative estimate of drug-likeness (QED) is 0.718. The SMILES string of the molecule is O=C(c1cccn2c(-c3ccc(F)cc3)nnc12)N1CCCCCC1. The molecule has 25 heavy (non-hydrogen) atoms. The van der Waals surface area contributed by atoms with E-state index in [0.717, 1.165) is 31.5 Å². The van der Waals surface area contributed by atoms with Gasteiger partial charge in [0.15, 0.2) is 11.5 Å². The van der Waals surface area contributed by atoms with Crippen molar-refractivity contribution in [3.8, 4) is 11.4 Å². The number of pyridine rings is 1. The predicted octanol–water partition coefficient (Wildman–Crippen LogP) is 3.55. The van der Waals surface area contributed by atoms with Crippen LogP contribution in [-0.2, 0) is 0 Å². The van der Waals surface area contributed by atoms with E-state index in [0.29, 0.717) is 17.0 Å². The molecule has 1 fully saturated rings. The van der Waals surface area contributed by atoms with E-state index in [2.05, 4.69) is 10.2 Å². The number of carbonyl (C=O) groups excluding carboxylic acids is 1. The van der Waals surface area contributed by atoms with Gasteiger partial charge in [-0.05, 0) is 49.2 Å². The summed E-state index contributed by atoms with van der Waals surface area (Å²) in [6.45, 7) is 1.58. The molecule has 3 aromatic rings. The molecule has 3 heterocycles. The Kier molecular flexibility index (Phi) is 4.17. The number of benzene rings is 1. The fourth-order valence-corrected chi connectivity index (χ4v) is 3.32. The van der Waals surface area contributed by atoms with Crippen molar-refractivity contribution in [3.05, 3.63) is 54.0 Å². The van der Waals surface area contributed by atoms with E-state index in [-0.39, 0.29) is 11.7 Å². The summed E-state index contributed by atoms with van der Waals surface area (Å²) in [5, 5.41) is 8.45. The first-order valence-electron chi connectivity index (χ1n) is 8.63. The number of aromatic nitrogens is 3. The van der Waals surface area contributed by atoms with Gasteiger partial charge in [0, 0.05) is 24.8 Å². The summed E-state index contributed by atoms with van der Waals surface area (Å²) in [6.07, 6.45) is 6.26. The Hall–Kier alpha value is -2.76. The number of hydrogen-bond acceptors (Lipinski definition) is 3. The van der Waals surface area contributed by atoms with Gasteiger partial charge in [-0.15, -0.1) is 10.2 Å². The maximum absolute atomic E-state index is 13.2. The van der Waals surface area contributed by atoms with Crippen molar-refractivity contribution >= 4 is 11.6 Å². The van der Waals surface area contributed by atoms with E-state index in [4.69, 9.17) is 0 Å². The number of carbonyl (C=O) groups is 1. The zero-order chi connectivity index (χ0) is 17.2. The zero-order valence-electron chi connectivity index (χ0n) is 13.9. The lowest BCUT2D eigenvalue weighted by molar-refractivity contribution is 0.0763. The molecule has 1 aliphatic heterocycles. The molecule has 0 N–H and O–H groups in total. The van der Waals surface area contributed by atoms with Crippen LogP contribution in [0.25, 0.3) is 17.0 Å². The van der Waals surface area contributed by atoms with E-state index in [1.807, 2.05) is 17.2 Å². The molecule has 0 radical (unpaired) electrons. The molecule has 5 nitrogen and oxygen atoms in total. The molecule has 0 atom stereocenters. The average molecular weight is 338 g/mol. The molecular formula is C19H19FN4O. The van der Waals surface area contributed by atoms with Gasteiger partial charge in [0.25, 0.3) is 5.91 Å². The van der Waals surface area contributed by atoms with Crippen LogP contribution >= 0.6 is 0 Å². The van der Waals surface area contributed by atoms with Gasteiger partial charge in [-0.25, -0.2) is 4.39 Å². The molecular weight excluding hydrogens is 319 g/mol. The van der Waals surface area contributed by atoms with Crippen molar-refractivity contribution in [2.45, 2.75) is 25.7 Å². The van der Waals surface area contributed by atoms with E-state index in [9.17, 15) is 9.18 Å². The van der Waals surface area contributed by atoms with Crippen LogP contribution in [0.1, 0.15) is 36.0 Å². The summed E-state index contributed by atoms with van der Waals surface area (Å²) in [5.74, 6) is 0.306. The zero-order valence-corrected chi connectivity index (χ0v) is 13.9. The van der Waals surface area contributed by atoms with Gasteiger partial charge in [0.05, 0.1) is 5.56 Å². The fraction of sp³-hybridized carbons (Fsp3) is 0.316. The summed E-state index contributed by atoms with van der Waals surface area (Å²) in [4.78, 5) is 14.9. The highest BCUT2D eigenvalue weighted by atomic mass is 19.1. The van der Waals surface area contributed by atoms with Gasteiger partial charge in [0.2, 0.25) is 0 Å². The highest BCUT2D eigenvalue weighted by molar-refractivity contribution is 6.00. The highest BCUT2D eigenvalue weighted by Crippen LogP contribution is 2.22. The normalized spacial score (nSPS) is 15.3. The first kappa shape index (κ1) is 15.7. The molecule has 4 rings (SSSR count). The van der Waals surface area contributed by atoms with Crippen molar-refractivity contribution in [3.63, 3.8) is 0 Å². The second-order valence-electron chi connectivity index (χ2n) is 6.35. The van der Waals surface area contributed by atoms with E-state index in [1.54, 1.807) is 22.6 Å². The Morgan fingerprint density at radius 1 is 0.960 bits per heavy atom. The fourth-order valence-electron chi connectivity index (χ4n) is 3.32. The lowest BCUT2D eigenvalue weighted by atomic mass is 10.2. The van der Waals surface area contributed by atoms with Crippen LogP contribution in [0.3, 0.4) is 0 Å². The largest absolute Gasteiger partial charge is 0.339 e. The van der Waals surface area contributed by atoms with E-state index in [1.165, 1.54) is 25.0 Å². The molecule has 0 saturated carbocycles. The number of hydrogen-bond donors (Lipinski definition) is 0. The van der Waals surface area contributed by atoms with E-state index >= 15 is 0 Å². The highest BCUT2D eigenvalue weighted by Gasteiger charge is 2.21. The Balaban J connectivity index is 1.73. The summed E-state index contributed by atoms with van der Waals surface area (Å²) < 4.78 is 14.9. The van der Waals surface area contributed by atoms with Gasteiger partial charge >= 0.3 is 0 Å². The van der Waals surface area contributed by atoms with Crippen LogP contribution < -0.4 is 0 Å². The van der Waals surface area contributed by atoms with Gasteiger partial charge in [-0.3, -0.25) is 9.20 Å². The Morgan fingerprint density at radius 2 is 1.68 bits per heavy atom. The van der Waals surface area contributed by atoms with Crippen molar-refractivity contribution in [2.24, 2.45) is 0 Å². The number of nitrogens with zero attached hydrogens (tertiary/aromatic N) is 4. The smallest absolute Gasteiger partial charge is 0.257 e. The predicted molar refractivity (Wildman–Crippen MR) is 92.8 cm³/mol. The van der Waals surface area contributed by atoms with Crippen LogP contribution in [0.2, 0.25) is 0 Å². The standard InChI is InChI=1S/C19H19FN4O/c20-15-9-7-14(8-10-15)17-21-22-18-16(6-5-13-24(17)18)19(25)23-11-3-1-2-4-12-23/h5-10,13H,1-4,11-12H2. The van der Waals surface area contributed by atoms with Crippen LogP contribution in [-0.4, -0.2) is 38.5 Å². The second kappa shape index (κ2) is 6.63. The number of rotatable bonds is 2. The first-order valence-corrected chi connectivity index (χ1v) is 8.63. The third kappa shape index (κ3) is 2.99. The molecule has 0 unspecified atom stereocenters. The molecule has 1 aliphatic rings. The van der Waals surface area contributed by atoms with Crippen LogP contribution in [0.4, 0.5) is 4.39 Å². The van der Waals surface area contributed by atoms with Crippen LogP contribution in [0.15, 0.2) is 42.6 Å². The first-order chi connectivity index (χ1) is 12.2. The van der Waals surface area contributed by atoms with Crippen LogP contribution in [0, 0.1) is 5.82 Å². The molecule has 0 bridgehead atoms. The summed E-state index contributed by atoms with van der Waals surface area (Å²) >= 11 is 0. The Labute approximate surface area is 145 Å². The lowest BCUT2D eigenvalue weighted by Gasteiger charge is -2.20. The van der Waals surface area contributed by atoms with Gasteiger partial charge in [-0.2, -0.15) is 0 Å². The maximum Gasteiger partial charge on any atom is 0.257 e. The Morgan fingerprint density at radius 3 is 2.40 bits per heavy atom. The number of amides is 1. The molecule has 0 spiro atoms. The van der Waals surface area contributed by atoms with Crippen molar-refractivity contribution in [1.82, 2.24) is 19.5 Å². The minimum atomic E-state index is -0.297. The topological polar surface area (TPSA) is 50.5 Å². The number of halogens is 1. The molecule has 1 aromatic carbocycles. The van der Waals surface area contributed by atoms with Gasteiger partial charge in [0.1, 0.15) is 5.82 Å². The van der Waals surface area contributed by atoms with Gasteiger partial charge < -0.3 is 4.90 Å². The van der Waals surface area contributed by atoms with E-state index < -0.39 is 0 Å². The third-order valence-electron chi connectivity index (χ3n) is 4.66. The molecule has 1 amide bonds. The van der Waals surface area contributed by atoms with Gasteiger partial charge in [-0.1, -0.05) is 12.8 Å². The summed E-state index contributed by atoms with van der Waals surface area (Å²) in [7, 11) is 0. The number of fused-ring (bicyclic) bond motifs is 1. The minimum absolute atomic E-state index is 0.00514. The molecule has 2 aromatic heterocycles. The average Bonchev–Trinajstić information content (AvgIpc) is 2.88. The minimum Gasteiger partial charge on any atom is -0.339 e. The number of likely N-dealkylation sites (tertiary alicyclic amines) is 1. The third-order valence-corrected chi connectivity index (χ3v) is 4.66.